The van der Waals surface area contributed by atoms with Crippen LogP contribution in [0, 0.1) is 12.8 Å². The van der Waals surface area contributed by atoms with E-state index >= 15 is 0 Å². The number of nitrogens with zero attached hydrogens (tertiary/aromatic N) is 3. The number of hydrogen-bond donors (Lipinski definition) is 2. The molecule has 4 unspecified atom stereocenters. The van der Waals surface area contributed by atoms with Crippen LogP contribution in [0.4, 0.5) is 13.2 Å². The molecule has 2 bridgehead atoms. The predicted molar refractivity (Wildman–Crippen MR) is 123 cm³/mol. The predicted octanol–water partition coefficient (Wildman–Crippen LogP) is 4.02. The minimum Gasteiger partial charge on any atom is -0.481 e. The van der Waals surface area contributed by atoms with Crippen molar-refractivity contribution in [3.63, 3.8) is 0 Å². The van der Waals surface area contributed by atoms with Crippen molar-refractivity contribution in [3.05, 3.63) is 47.4 Å². The van der Waals surface area contributed by atoms with Gasteiger partial charge in [-0.1, -0.05) is 12.1 Å². The lowest BCUT2D eigenvalue weighted by Crippen LogP contribution is -2.56. The van der Waals surface area contributed by atoms with E-state index in [0.717, 1.165) is 43.8 Å². The molecule has 1 amide bonds. The summed E-state index contributed by atoms with van der Waals surface area (Å²) < 4.78 is 38.8. The summed E-state index contributed by atoms with van der Waals surface area (Å²) in [5.41, 5.74) is 1.44. The van der Waals surface area contributed by atoms with Gasteiger partial charge in [0.15, 0.2) is 0 Å². The zero-order valence-corrected chi connectivity index (χ0v) is 19.5. The van der Waals surface area contributed by atoms with E-state index in [-0.39, 0.29) is 30.7 Å². The molecule has 3 fully saturated rings. The highest BCUT2D eigenvalue weighted by Crippen LogP contribution is 2.42. The van der Waals surface area contributed by atoms with Crippen molar-refractivity contribution in [1.82, 2.24) is 20.2 Å². The number of carboxylic acids is 1. The molecule has 4 heterocycles. The Morgan fingerprint density at radius 2 is 1.91 bits per heavy atom. The number of fused-ring (bicyclic) bond motifs is 3. The maximum absolute atomic E-state index is 12.9. The third-order valence-corrected chi connectivity index (χ3v) is 6.95. The van der Waals surface area contributed by atoms with E-state index in [4.69, 9.17) is 5.11 Å². The number of rotatable bonds is 8. The first kappa shape index (κ1) is 25.1. The molecule has 3 aliphatic rings. The number of carbonyl (C=O) groups excluding carboxylic acids is 1. The molecule has 7 nitrogen and oxygen atoms in total. The molecule has 1 aromatic heterocycles. The van der Waals surface area contributed by atoms with Crippen molar-refractivity contribution in [1.29, 1.82) is 0 Å². The minimum absolute atomic E-state index is 0.0143. The summed E-state index contributed by atoms with van der Waals surface area (Å²) in [5.74, 6) is 0.142. The van der Waals surface area contributed by atoms with E-state index < -0.39 is 17.7 Å². The van der Waals surface area contributed by atoms with Crippen LogP contribution in [0.15, 0.2) is 30.3 Å². The summed E-state index contributed by atoms with van der Waals surface area (Å²) in [6.45, 7) is 4.07. The van der Waals surface area contributed by atoms with Crippen LogP contribution < -0.4 is 5.32 Å². The number of amides is 1. The summed E-state index contributed by atoms with van der Waals surface area (Å²) in [5, 5.41) is 11.6. The molecule has 2 N–H and O–H groups in total. The highest BCUT2D eigenvalue weighted by molar-refractivity contribution is 5.76. The monoisotopic (exact) mass is 490 g/mol. The lowest BCUT2D eigenvalue weighted by Gasteiger charge is -2.49. The van der Waals surface area contributed by atoms with Gasteiger partial charge in [-0.15, -0.1) is 0 Å². The number of halogens is 3. The van der Waals surface area contributed by atoms with Crippen molar-refractivity contribution in [2.24, 2.45) is 5.92 Å². The maximum atomic E-state index is 12.9. The summed E-state index contributed by atoms with van der Waals surface area (Å²) in [6, 6.07) is 7.15. The van der Waals surface area contributed by atoms with Crippen molar-refractivity contribution in [2.45, 2.75) is 57.2 Å². The molecule has 5 rings (SSSR count). The number of benzene rings is 1. The number of alkyl halides is 3. The Bertz CT molecular complexity index is 1070. The molecule has 2 aromatic rings. The lowest BCUT2D eigenvalue weighted by molar-refractivity contribution is -0.138. The molecule has 4 atom stereocenters. The highest BCUT2D eigenvalue weighted by Gasteiger charge is 2.41. The van der Waals surface area contributed by atoms with Crippen LogP contribution in [0.2, 0.25) is 0 Å². The zero-order valence-electron chi connectivity index (χ0n) is 19.5. The number of carbonyl (C=O) groups is 2. The number of nitrogens with one attached hydrogen (secondary N) is 1. The van der Waals surface area contributed by atoms with Crippen molar-refractivity contribution in [2.75, 3.05) is 19.6 Å². The van der Waals surface area contributed by atoms with Crippen molar-refractivity contribution >= 4 is 11.9 Å². The van der Waals surface area contributed by atoms with E-state index in [2.05, 4.69) is 20.2 Å². The standard InChI is InChI=1S/C25H29F3N4O3/c1-15-30-21(16-5-7-18(8-6-16)25(26,27)28)12-22(31-15)20-14-32-10-9-17(20)11-19(32)13-29-23(33)3-2-4-24(34)35/h5-8,12,17,19-20H,2-4,9-11,13-14H2,1H3,(H,29,33)(H,34,35). The normalized spacial score (nSPS) is 23.8. The fourth-order valence-electron chi connectivity index (χ4n) is 5.16. The van der Waals surface area contributed by atoms with Crippen LogP contribution in [0.1, 0.15) is 55.1 Å². The minimum atomic E-state index is -4.38. The van der Waals surface area contributed by atoms with Crippen LogP contribution in [0.3, 0.4) is 0 Å². The highest BCUT2D eigenvalue weighted by atomic mass is 19.4. The first-order chi connectivity index (χ1) is 16.6. The third kappa shape index (κ3) is 6.17. The molecule has 10 heteroatoms. The first-order valence-electron chi connectivity index (χ1n) is 11.9. The molecular formula is C25H29F3N4O3. The van der Waals surface area contributed by atoms with Crippen LogP contribution in [0.25, 0.3) is 11.3 Å². The quantitative estimate of drug-likeness (QED) is 0.581. The van der Waals surface area contributed by atoms with Crippen LogP contribution in [-0.2, 0) is 15.8 Å². The summed E-state index contributed by atoms with van der Waals surface area (Å²) >= 11 is 0. The van der Waals surface area contributed by atoms with Gasteiger partial charge in [-0.2, -0.15) is 13.2 Å². The van der Waals surface area contributed by atoms with Gasteiger partial charge in [-0.25, -0.2) is 9.97 Å². The Balaban J connectivity index is 1.41. The largest absolute Gasteiger partial charge is 0.481 e. The average Bonchev–Trinajstić information content (AvgIpc) is 2.82. The number of carboxylic acid groups (broad SMARTS) is 1. The van der Waals surface area contributed by atoms with Crippen LogP contribution in [-0.4, -0.2) is 57.5 Å². The first-order valence-corrected chi connectivity index (χ1v) is 11.9. The van der Waals surface area contributed by atoms with Gasteiger partial charge in [-0.05, 0) is 56.8 Å². The van der Waals surface area contributed by atoms with Gasteiger partial charge >= 0.3 is 12.1 Å². The van der Waals surface area contributed by atoms with E-state index in [0.29, 0.717) is 36.0 Å². The second-order valence-electron chi connectivity index (χ2n) is 9.39. The number of aromatic nitrogens is 2. The van der Waals surface area contributed by atoms with Gasteiger partial charge < -0.3 is 10.4 Å². The second kappa shape index (κ2) is 10.3. The van der Waals surface area contributed by atoms with Crippen molar-refractivity contribution in [3.8, 4) is 11.3 Å². The number of piperidine rings is 3. The van der Waals surface area contributed by atoms with E-state index in [1.54, 1.807) is 6.92 Å². The van der Waals surface area contributed by atoms with Gasteiger partial charge in [0.05, 0.1) is 11.3 Å². The van der Waals surface area contributed by atoms with E-state index in [9.17, 15) is 22.8 Å². The van der Waals surface area contributed by atoms with E-state index in [1.165, 1.54) is 12.1 Å². The molecule has 3 saturated heterocycles. The molecule has 0 aliphatic carbocycles. The maximum Gasteiger partial charge on any atom is 0.416 e. The van der Waals surface area contributed by atoms with Gasteiger partial charge in [0, 0.05) is 49.1 Å². The van der Waals surface area contributed by atoms with Crippen LogP contribution in [0.5, 0.6) is 0 Å². The SMILES string of the molecule is Cc1nc(-c2ccc(C(F)(F)F)cc2)cc(C2CN3CCC2CC3CNC(=O)CCCC(=O)O)n1. The van der Waals surface area contributed by atoms with Gasteiger partial charge in [0.25, 0.3) is 0 Å². The Morgan fingerprint density at radius 1 is 1.17 bits per heavy atom. The topological polar surface area (TPSA) is 95.4 Å². The Kier molecular flexibility index (Phi) is 7.39. The second-order valence-corrected chi connectivity index (χ2v) is 9.39. The number of hydrogen-bond acceptors (Lipinski definition) is 5. The van der Waals surface area contributed by atoms with Gasteiger partial charge in [0.1, 0.15) is 5.82 Å². The number of aryl methyl sites for hydroxylation is 1. The molecule has 188 valence electrons. The number of aliphatic carboxylic acids is 1. The lowest BCUT2D eigenvalue weighted by atomic mass is 9.74. The molecule has 35 heavy (non-hydrogen) atoms. The average molecular weight is 491 g/mol. The fourth-order valence-corrected chi connectivity index (χ4v) is 5.16. The van der Waals surface area contributed by atoms with Crippen LogP contribution >= 0.6 is 0 Å². The molecule has 1 aromatic carbocycles. The molecule has 3 aliphatic heterocycles. The molecule has 0 radical (unpaired) electrons. The zero-order chi connectivity index (χ0) is 25.2. The van der Waals surface area contributed by atoms with E-state index in [1.807, 2.05) is 6.07 Å². The Hall–Kier alpha value is -3.01. The smallest absolute Gasteiger partial charge is 0.416 e. The molecule has 0 spiro atoms. The fraction of sp³-hybridized carbons (Fsp3) is 0.520. The summed E-state index contributed by atoms with van der Waals surface area (Å²) in [6.07, 6.45) is -1.92. The summed E-state index contributed by atoms with van der Waals surface area (Å²) in [4.78, 5) is 34.1. The third-order valence-electron chi connectivity index (χ3n) is 6.95. The molecular weight excluding hydrogens is 461 g/mol. The van der Waals surface area contributed by atoms with Gasteiger partial charge in [0.2, 0.25) is 5.91 Å². The molecule has 0 saturated carbocycles. The Morgan fingerprint density at radius 3 is 2.54 bits per heavy atom. The Labute approximate surface area is 201 Å². The van der Waals surface area contributed by atoms with Gasteiger partial charge in [-0.3, -0.25) is 14.5 Å². The van der Waals surface area contributed by atoms with Crippen molar-refractivity contribution < 1.29 is 27.9 Å². The summed E-state index contributed by atoms with van der Waals surface area (Å²) in [7, 11) is 0.